The first-order valence-electron chi connectivity index (χ1n) is 3.42. The van der Waals surface area contributed by atoms with E-state index in [2.05, 4.69) is 11.6 Å². The molecule has 0 aromatic carbocycles. The maximum atomic E-state index is 11.0. The summed E-state index contributed by atoms with van der Waals surface area (Å²) in [6.07, 6.45) is 1.86. The van der Waals surface area contributed by atoms with Gasteiger partial charge in [-0.1, -0.05) is 6.58 Å². The summed E-state index contributed by atoms with van der Waals surface area (Å²) in [5, 5.41) is 9.15. The summed E-state index contributed by atoms with van der Waals surface area (Å²) < 4.78 is 5.97. The number of aromatic amines is 1. The minimum absolute atomic E-state index is 0.158. The number of hydrogen-bond donors (Lipinski definition) is 2. The van der Waals surface area contributed by atoms with Crippen molar-refractivity contribution in [1.29, 1.82) is 0 Å². The summed E-state index contributed by atoms with van der Waals surface area (Å²) >= 11 is 0. The van der Waals surface area contributed by atoms with Gasteiger partial charge in [0.2, 0.25) is 5.88 Å². The van der Waals surface area contributed by atoms with Crippen LogP contribution < -0.4 is 5.69 Å². The predicted molar refractivity (Wildman–Crippen MR) is 42.7 cm³/mol. The van der Waals surface area contributed by atoms with Gasteiger partial charge in [0.05, 0.1) is 12.5 Å². The van der Waals surface area contributed by atoms with Crippen LogP contribution in [0.3, 0.4) is 0 Å². The first kappa shape index (κ1) is 8.45. The number of ether oxygens (including phenoxy) is 1. The van der Waals surface area contributed by atoms with Crippen molar-refractivity contribution in [2.24, 2.45) is 0 Å². The minimum Gasteiger partial charge on any atom is -0.493 e. The first-order chi connectivity index (χ1) is 5.66. The normalized spacial score (nSPS) is 12.4. The van der Waals surface area contributed by atoms with Crippen LogP contribution >= 0.6 is 0 Å². The average Bonchev–Trinajstić information content (AvgIpc) is 2.32. The molecule has 1 aromatic rings. The van der Waals surface area contributed by atoms with Crippen molar-refractivity contribution in [3.63, 3.8) is 0 Å². The Morgan fingerprint density at radius 3 is 3.00 bits per heavy atom. The molecule has 0 saturated carbocycles. The zero-order chi connectivity index (χ0) is 9.14. The Labute approximate surface area is 68.9 Å². The van der Waals surface area contributed by atoms with Gasteiger partial charge in [-0.25, -0.2) is 9.36 Å². The van der Waals surface area contributed by atoms with Crippen molar-refractivity contribution >= 4 is 0 Å². The molecule has 12 heavy (non-hydrogen) atoms. The fraction of sp³-hybridized carbons (Fsp3) is 0.286. The third-order valence-corrected chi connectivity index (χ3v) is 1.45. The van der Waals surface area contributed by atoms with Crippen molar-refractivity contribution in [3.05, 3.63) is 29.5 Å². The van der Waals surface area contributed by atoms with E-state index in [0.717, 1.165) is 4.57 Å². The third-order valence-electron chi connectivity index (χ3n) is 1.45. The van der Waals surface area contributed by atoms with Gasteiger partial charge in [-0.2, -0.15) is 0 Å². The Hall–Kier alpha value is -1.65. The summed E-state index contributed by atoms with van der Waals surface area (Å²) in [7, 11) is 0. The molecule has 1 heterocycles. The second-order valence-electron chi connectivity index (χ2n) is 2.22. The van der Waals surface area contributed by atoms with E-state index < -0.39 is 11.9 Å². The highest BCUT2D eigenvalue weighted by Gasteiger charge is 2.11. The molecule has 0 radical (unpaired) electrons. The topological polar surface area (TPSA) is 67.2 Å². The molecule has 0 fully saturated rings. The van der Waals surface area contributed by atoms with Gasteiger partial charge in [-0.05, 0) is 6.92 Å². The largest absolute Gasteiger partial charge is 0.493 e. The van der Waals surface area contributed by atoms with Crippen LogP contribution in [0.4, 0.5) is 0 Å². The Bertz CT molecular complexity index is 326. The highest BCUT2D eigenvalue weighted by atomic mass is 16.5. The molecule has 0 aliphatic heterocycles. The van der Waals surface area contributed by atoms with Crippen molar-refractivity contribution in [2.45, 2.75) is 13.2 Å². The zero-order valence-electron chi connectivity index (χ0n) is 6.65. The third kappa shape index (κ3) is 1.34. The molecule has 5 heteroatoms. The van der Waals surface area contributed by atoms with E-state index in [1.54, 1.807) is 6.92 Å². The van der Waals surface area contributed by atoms with Crippen molar-refractivity contribution in [3.8, 4) is 5.88 Å². The number of imidazole rings is 1. The molecule has 0 spiro atoms. The van der Waals surface area contributed by atoms with Crippen molar-refractivity contribution in [1.82, 2.24) is 9.55 Å². The number of rotatable bonds is 3. The van der Waals surface area contributed by atoms with Gasteiger partial charge in [0.25, 0.3) is 0 Å². The molecule has 2 N–H and O–H groups in total. The maximum Gasteiger partial charge on any atom is 0.331 e. The van der Waals surface area contributed by atoms with Crippen LogP contribution in [0, 0.1) is 0 Å². The van der Waals surface area contributed by atoms with Crippen LogP contribution in [-0.4, -0.2) is 14.7 Å². The van der Waals surface area contributed by atoms with Crippen molar-refractivity contribution in [2.75, 3.05) is 0 Å². The van der Waals surface area contributed by atoms with Gasteiger partial charge in [0.1, 0.15) is 0 Å². The number of hydrogen-bond acceptors (Lipinski definition) is 3. The minimum atomic E-state index is -0.554. The summed E-state index contributed by atoms with van der Waals surface area (Å²) in [5.74, 6) is -0.158. The van der Waals surface area contributed by atoms with Crippen LogP contribution in [0.25, 0.3) is 0 Å². The molecule has 5 nitrogen and oxygen atoms in total. The lowest BCUT2D eigenvalue weighted by Crippen LogP contribution is -2.20. The van der Waals surface area contributed by atoms with E-state index >= 15 is 0 Å². The monoisotopic (exact) mass is 170 g/mol. The molecule has 0 aliphatic carbocycles. The fourth-order valence-corrected chi connectivity index (χ4v) is 0.921. The molecule has 0 saturated heterocycles. The second kappa shape index (κ2) is 3.17. The Morgan fingerprint density at radius 2 is 2.58 bits per heavy atom. The SMILES string of the molecule is C=COC(C)n1c(O)c[nH]c1=O. The summed E-state index contributed by atoms with van der Waals surface area (Å²) in [5.41, 5.74) is -0.415. The van der Waals surface area contributed by atoms with Gasteiger partial charge in [-0.15, -0.1) is 0 Å². The van der Waals surface area contributed by atoms with Crippen molar-refractivity contribution < 1.29 is 9.84 Å². The highest BCUT2D eigenvalue weighted by Crippen LogP contribution is 2.12. The molecule has 0 amide bonds. The number of H-pyrrole nitrogens is 1. The maximum absolute atomic E-state index is 11.0. The summed E-state index contributed by atoms with van der Waals surface area (Å²) in [4.78, 5) is 13.3. The lowest BCUT2D eigenvalue weighted by molar-refractivity contribution is 0.0881. The lowest BCUT2D eigenvalue weighted by atomic mass is 10.6. The lowest BCUT2D eigenvalue weighted by Gasteiger charge is -2.11. The van der Waals surface area contributed by atoms with E-state index in [1.807, 2.05) is 0 Å². The molecule has 1 rings (SSSR count). The fourth-order valence-electron chi connectivity index (χ4n) is 0.921. The van der Waals surface area contributed by atoms with E-state index in [0.29, 0.717) is 0 Å². The molecule has 1 aromatic heterocycles. The van der Waals surface area contributed by atoms with E-state index in [4.69, 9.17) is 9.84 Å². The molecule has 66 valence electrons. The molecular weight excluding hydrogens is 160 g/mol. The van der Waals surface area contributed by atoms with Gasteiger partial charge >= 0.3 is 5.69 Å². The molecular formula is C7H10N2O3. The van der Waals surface area contributed by atoms with Crippen LogP contribution in [0.15, 0.2) is 23.8 Å². The molecule has 1 atom stereocenters. The number of aromatic nitrogens is 2. The predicted octanol–water partition coefficient (Wildman–Crippen LogP) is 0.561. The molecule has 1 unspecified atom stereocenters. The zero-order valence-corrected chi connectivity index (χ0v) is 6.65. The van der Waals surface area contributed by atoms with E-state index in [9.17, 15) is 4.79 Å². The van der Waals surface area contributed by atoms with Gasteiger partial charge in [0, 0.05) is 0 Å². The smallest absolute Gasteiger partial charge is 0.331 e. The Kier molecular flexibility index (Phi) is 2.23. The van der Waals surface area contributed by atoms with Crippen LogP contribution in [0.5, 0.6) is 5.88 Å². The van der Waals surface area contributed by atoms with Gasteiger partial charge in [0.15, 0.2) is 6.23 Å². The van der Waals surface area contributed by atoms with Gasteiger partial charge < -0.3 is 14.8 Å². The van der Waals surface area contributed by atoms with E-state index in [1.165, 1.54) is 12.5 Å². The Morgan fingerprint density at radius 1 is 1.92 bits per heavy atom. The van der Waals surface area contributed by atoms with Crippen LogP contribution in [0.2, 0.25) is 0 Å². The number of aromatic hydroxyl groups is 1. The highest BCUT2D eigenvalue weighted by molar-refractivity contribution is 5.03. The van der Waals surface area contributed by atoms with E-state index in [-0.39, 0.29) is 5.88 Å². The number of nitrogens with zero attached hydrogens (tertiary/aromatic N) is 1. The van der Waals surface area contributed by atoms with Crippen LogP contribution in [0.1, 0.15) is 13.2 Å². The van der Waals surface area contributed by atoms with Crippen LogP contribution in [-0.2, 0) is 4.74 Å². The van der Waals surface area contributed by atoms with Gasteiger partial charge in [-0.3, -0.25) is 0 Å². The number of nitrogens with one attached hydrogen (secondary N) is 1. The quantitative estimate of drug-likeness (QED) is 0.651. The molecule has 0 aliphatic rings. The molecule has 0 bridgehead atoms. The average molecular weight is 170 g/mol. The summed E-state index contributed by atoms with van der Waals surface area (Å²) in [6, 6.07) is 0. The summed E-state index contributed by atoms with van der Waals surface area (Å²) in [6.45, 7) is 4.96. The standard InChI is InChI=1S/C7H10N2O3/c1-3-12-5(2)9-6(10)4-8-7(9)11/h3-5,10H,1H2,2H3,(H,8,11). The Balaban J connectivity index is 3.00. The first-order valence-corrected chi connectivity index (χ1v) is 3.42. The second-order valence-corrected chi connectivity index (χ2v) is 2.22.